The Morgan fingerprint density at radius 3 is 2.29 bits per heavy atom. The molecule has 3 saturated carbocycles. The molecule has 0 heterocycles. The molecule has 3 fully saturated rings. The van der Waals surface area contributed by atoms with Gasteiger partial charge in [0.15, 0.2) is 0 Å². The van der Waals surface area contributed by atoms with Gasteiger partial charge < -0.3 is 9.57 Å². The van der Waals surface area contributed by atoms with Crippen LogP contribution in [0.4, 0.5) is 0 Å². The second-order valence-electron chi connectivity index (χ2n) is 8.88. The summed E-state index contributed by atoms with van der Waals surface area (Å²) in [4.78, 5) is 28.0. The Labute approximate surface area is 144 Å². The van der Waals surface area contributed by atoms with Gasteiger partial charge in [0.2, 0.25) is 0 Å². The molecule has 24 heavy (non-hydrogen) atoms. The molecular formula is C19H29NO4. The van der Waals surface area contributed by atoms with Crippen molar-refractivity contribution in [2.24, 2.45) is 33.2 Å². The number of carbonyl (C=O) groups is 2. The van der Waals surface area contributed by atoms with Crippen molar-refractivity contribution in [3.05, 3.63) is 0 Å². The van der Waals surface area contributed by atoms with Crippen molar-refractivity contribution in [3.63, 3.8) is 0 Å². The Morgan fingerprint density at radius 1 is 1.04 bits per heavy atom. The molecule has 0 aromatic carbocycles. The first-order valence-electron chi connectivity index (χ1n) is 8.96. The Bertz CT molecular complexity index is 610. The first-order valence-corrected chi connectivity index (χ1v) is 8.96. The number of carbonyl (C=O) groups excluding carboxylic acids is 2. The number of nitrogens with zero attached hydrogens (tertiary/aromatic N) is 1. The zero-order valence-electron chi connectivity index (χ0n) is 15.6. The molecule has 0 unspecified atom stereocenters. The predicted octanol–water partition coefficient (Wildman–Crippen LogP) is 3.71. The first-order chi connectivity index (χ1) is 11.0. The van der Waals surface area contributed by atoms with Crippen molar-refractivity contribution in [1.82, 2.24) is 0 Å². The van der Waals surface area contributed by atoms with Gasteiger partial charge in [-0.05, 0) is 37.0 Å². The highest BCUT2D eigenvalue weighted by Crippen LogP contribution is 2.74. The maximum atomic E-state index is 11.8. The monoisotopic (exact) mass is 335 g/mol. The van der Waals surface area contributed by atoms with Crippen LogP contribution < -0.4 is 0 Å². The highest BCUT2D eigenvalue weighted by molar-refractivity contribution is 5.91. The first kappa shape index (κ1) is 17.4. The van der Waals surface area contributed by atoms with E-state index < -0.39 is 5.97 Å². The predicted molar refractivity (Wildman–Crippen MR) is 90.2 cm³/mol. The van der Waals surface area contributed by atoms with Crippen LogP contribution in [0.15, 0.2) is 5.16 Å². The SMILES string of the molecule is CC(=O)O/N=C1\CC[C@]2(C)[C@H]3CC[C@]2(C)[C@H](OC(C)=O)[C@H]3C1(C)C. The highest BCUT2D eigenvalue weighted by Gasteiger charge is 2.73. The summed E-state index contributed by atoms with van der Waals surface area (Å²) < 4.78 is 5.89. The van der Waals surface area contributed by atoms with Gasteiger partial charge in [0.25, 0.3) is 0 Å². The summed E-state index contributed by atoms with van der Waals surface area (Å²) in [5.74, 6) is 0.105. The molecule has 0 radical (unpaired) electrons. The lowest BCUT2D eigenvalue weighted by Gasteiger charge is -2.46. The van der Waals surface area contributed by atoms with E-state index in [9.17, 15) is 9.59 Å². The maximum Gasteiger partial charge on any atom is 0.331 e. The number of oxime groups is 1. The second-order valence-corrected chi connectivity index (χ2v) is 8.88. The number of esters is 1. The van der Waals surface area contributed by atoms with Crippen LogP contribution in [-0.2, 0) is 19.2 Å². The normalized spacial score (nSPS) is 44.2. The Balaban J connectivity index is 2.06. The molecule has 0 aliphatic heterocycles. The van der Waals surface area contributed by atoms with E-state index in [0.717, 1.165) is 25.0 Å². The van der Waals surface area contributed by atoms with Crippen molar-refractivity contribution >= 4 is 17.7 Å². The average molecular weight is 335 g/mol. The summed E-state index contributed by atoms with van der Waals surface area (Å²) >= 11 is 0. The van der Waals surface area contributed by atoms with Crippen molar-refractivity contribution in [3.8, 4) is 0 Å². The second kappa shape index (κ2) is 5.30. The Morgan fingerprint density at radius 2 is 1.71 bits per heavy atom. The van der Waals surface area contributed by atoms with Crippen LogP contribution >= 0.6 is 0 Å². The molecule has 3 rings (SSSR count). The summed E-state index contributed by atoms with van der Waals surface area (Å²) in [5.41, 5.74) is 0.786. The van der Waals surface area contributed by atoms with Crippen LogP contribution in [0.3, 0.4) is 0 Å². The summed E-state index contributed by atoms with van der Waals surface area (Å²) in [6.07, 6.45) is 3.99. The van der Waals surface area contributed by atoms with Gasteiger partial charge in [-0.25, -0.2) is 4.79 Å². The smallest absolute Gasteiger partial charge is 0.331 e. The van der Waals surface area contributed by atoms with Crippen LogP contribution in [0.2, 0.25) is 0 Å². The number of hydrogen-bond donors (Lipinski definition) is 0. The van der Waals surface area contributed by atoms with Crippen LogP contribution in [-0.4, -0.2) is 23.8 Å². The van der Waals surface area contributed by atoms with Gasteiger partial charge in [-0.2, -0.15) is 0 Å². The zero-order chi connectivity index (χ0) is 17.9. The van der Waals surface area contributed by atoms with E-state index in [0.29, 0.717) is 5.92 Å². The minimum absolute atomic E-state index is 0.0121. The lowest BCUT2D eigenvalue weighted by molar-refractivity contribution is -0.161. The van der Waals surface area contributed by atoms with E-state index in [1.54, 1.807) is 0 Å². The average Bonchev–Trinajstić information content (AvgIpc) is 2.76. The number of rotatable bonds is 2. The van der Waals surface area contributed by atoms with E-state index in [1.165, 1.54) is 20.3 Å². The van der Waals surface area contributed by atoms with E-state index in [4.69, 9.17) is 9.57 Å². The topological polar surface area (TPSA) is 65.0 Å². The Kier molecular flexibility index (Phi) is 3.85. The summed E-state index contributed by atoms with van der Waals surface area (Å²) in [6.45, 7) is 11.8. The molecule has 0 amide bonds. The minimum Gasteiger partial charge on any atom is -0.462 e. The number of hydrogen-bond acceptors (Lipinski definition) is 5. The van der Waals surface area contributed by atoms with Gasteiger partial charge in [-0.15, -0.1) is 0 Å². The van der Waals surface area contributed by atoms with Crippen molar-refractivity contribution in [1.29, 1.82) is 0 Å². The quantitative estimate of drug-likeness (QED) is 0.438. The lowest BCUT2D eigenvalue weighted by Crippen LogP contribution is -2.49. The molecule has 3 aliphatic rings. The van der Waals surface area contributed by atoms with Gasteiger partial charge in [0, 0.05) is 30.6 Å². The standard InChI is InChI=1S/C19H29NO4/c1-11(21)23-16-15-13-7-9-19(16,6)18(13,5)10-8-14(17(15,3)4)20-24-12(2)22/h13,15-16H,7-10H2,1-6H3/b20-14+/t13-,15-,16+,18+,19+/m0/s1. The summed E-state index contributed by atoms with van der Waals surface area (Å²) in [7, 11) is 0. The molecule has 0 spiro atoms. The maximum absolute atomic E-state index is 11.8. The van der Waals surface area contributed by atoms with Gasteiger partial charge in [0.1, 0.15) is 6.10 Å². The molecule has 5 heteroatoms. The lowest BCUT2D eigenvalue weighted by atomic mass is 9.62. The third-order valence-electron chi connectivity index (χ3n) is 7.52. The molecule has 5 atom stereocenters. The van der Waals surface area contributed by atoms with Crippen molar-refractivity contribution in [2.75, 3.05) is 0 Å². The van der Waals surface area contributed by atoms with Gasteiger partial charge >= 0.3 is 11.9 Å². The molecule has 0 saturated heterocycles. The van der Waals surface area contributed by atoms with Crippen molar-refractivity contribution in [2.45, 2.75) is 73.3 Å². The molecule has 0 aromatic rings. The Hall–Kier alpha value is -1.39. The van der Waals surface area contributed by atoms with Gasteiger partial charge in [0.05, 0.1) is 5.71 Å². The molecular weight excluding hydrogens is 306 g/mol. The molecule has 4 bridgehead atoms. The fourth-order valence-corrected chi connectivity index (χ4v) is 6.04. The summed E-state index contributed by atoms with van der Waals surface area (Å²) in [6, 6.07) is 0. The third kappa shape index (κ3) is 2.16. The molecule has 0 aromatic heterocycles. The molecule has 5 nitrogen and oxygen atoms in total. The molecule has 0 N–H and O–H groups in total. The van der Waals surface area contributed by atoms with Gasteiger partial charge in [-0.3, -0.25) is 4.79 Å². The van der Waals surface area contributed by atoms with Crippen LogP contribution in [0.25, 0.3) is 0 Å². The van der Waals surface area contributed by atoms with Crippen LogP contribution in [0, 0.1) is 28.1 Å². The third-order valence-corrected chi connectivity index (χ3v) is 7.52. The van der Waals surface area contributed by atoms with Crippen molar-refractivity contribution < 1.29 is 19.2 Å². The molecule has 3 aliphatic carbocycles. The van der Waals surface area contributed by atoms with Crippen LogP contribution in [0.5, 0.6) is 0 Å². The van der Waals surface area contributed by atoms with Gasteiger partial charge in [-0.1, -0.05) is 32.9 Å². The fourth-order valence-electron chi connectivity index (χ4n) is 6.04. The number of ether oxygens (including phenoxy) is 1. The fraction of sp³-hybridized carbons (Fsp3) is 0.842. The summed E-state index contributed by atoms with van der Waals surface area (Å²) in [5, 5.41) is 4.19. The molecule has 134 valence electrons. The van der Waals surface area contributed by atoms with E-state index >= 15 is 0 Å². The zero-order valence-corrected chi connectivity index (χ0v) is 15.6. The largest absolute Gasteiger partial charge is 0.462 e. The minimum atomic E-state index is -0.399. The van der Waals surface area contributed by atoms with Crippen LogP contribution in [0.1, 0.15) is 67.2 Å². The van der Waals surface area contributed by atoms with E-state index in [1.807, 2.05) is 0 Å². The van der Waals surface area contributed by atoms with E-state index in [2.05, 4.69) is 32.9 Å². The van der Waals surface area contributed by atoms with E-state index in [-0.39, 0.29) is 34.2 Å². The highest BCUT2D eigenvalue weighted by atomic mass is 16.7.